The number of hydrogen-bond acceptors (Lipinski definition) is 5. The lowest BCUT2D eigenvalue weighted by molar-refractivity contribution is 0.469. The molecule has 2 unspecified atom stereocenters. The van der Waals surface area contributed by atoms with Crippen LogP contribution in [0.3, 0.4) is 0 Å². The van der Waals surface area contributed by atoms with E-state index in [1.165, 1.54) is 85.6 Å². The van der Waals surface area contributed by atoms with Crippen molar-refractivity contribution >= 4 is 63.9 Å². The van der Waals surface area contributed by atoms with E-state index in [4.69, 9.17) is 0 Å². The van der Waals surface area contributed by atoms with E-state index < -0.39 is 8.07 Å². The van der Waals surface area contributed by atoms with Crippen LogP contribution in [0.4, 0.5) is 0 Å². The monoisotopic (exact) mass is 550 g/mol. The van der Waals surface area contributed by atoms with Gasteiger partial charge in [0.1, 0.15) is 19.1 Å². The Hall–Kier alpha value is -1.34. The van der Waals surface area contributed by atoms with Gasteiger partial charge in [0.25, 0.3) is 0 Å². The van der Waals surface area contributed by atoms with Crippen molar-refractivity contribution in [2.75, 3.05) is 0 Å². The van der Waals surface area contributed by atoms with Gasteiger partial charge in [-0.3, -0.25) is 0 Å². The second-order valence-electron chi connectivity index (χ2n) is 10.6. The van der Waals surface area contributed by atoms with Crippen LogP contribution in [0.15, 0.2) is 24.3 Å². The van der Waals surface area contributed by atoms with Gasteiger partial charge in [0.2, 0.25) is 0 Å². The average Bonchev–Trinajstić information content (AvgIpc) is 3.68. The lowest BCUT2D eigenvalue weighted by atomic mass is 10.0. The van der Waals surface area contributed by atoms with Crippen molar-refractivity contribution in [1.29, 1.82) is 0 Å². The summed E-state index contributed by atoms with van der Waals surface area (Å²) in [5.74, 6) is 1.64. The van der Waals surface area contributed by atoms with Gasteiger partial charge in [-0.2, -0.15) is 8.75 Å². The first-order valence-corrected chi connectivity index (χ1v) is 18.7. The minimum atomic E-state index is -1.90. The Labute approximate surface area is 230 Å². The summed E-state index contributed by atoms with van der Waals surface area (Å²) in [5, 5.41) is 7.04. The van der Waals surface area contributed by atoms with Gasteiger partial charge in [-0.05, 0) is 46.4 Å². The summed E-state index contributed by atoms with van der Waals surface area (Å²) in [5.41, 5.74) is 3.14. The fourth-order valence-electron chi connectivity index (χ4n) is 6.32. The normalized spacial score (nSPS) is 18.4. The van der Waals surface area contributed by atoms with Crippen molar-refractivity contribution in [2.24, 2.45) is 11.8 Å². The van der Waals surface area contributed by atoms with Crippen molar-refractivity contribution in [3.8, 4) is 20.2 Å². The summed E-state index contributed by atoms with van der Waals surface area (Å²) in [7, 11) is -1.90. The lowest BCUT2D eigenvalue weighted by Gasteiger charge is -2.35. The highest BCUT2D eigenvalue weighted by Gasteiger charge is 2.49. The Morgan fingerprint density at radius 3 is 2.31 bits per heavy atom. The zero-order chi connectivity index (χ0) is 25.1. The van der Waals surface area contributed by atoms with Gasteiger partial charge in [-0.15, -0.1) is 22.7 Å². The molecule has 4 heterocycles. The van der Waals surface area contributed by atoms with Crippen LogP contribution in [0.1, 0.15) is 79.1 Å². The fraction of sp³-hybridized carbons (Fsp3) is 0.533. The molecule has 36 heavy (non-hydrogen) atoms. The third-order valence-corrected chi connectivity index (χ3v) is 16.9. The van der Waals surface area contributed by atoms with Crippen molar-refractivity contribution in [1.82, 2.24) is 8.75 Å². The van der Waals surface area contributed by atoms with Crippen LogP contribution in [0, 0.1) is 23.3 Å². The molecular weight excluding hydrogens is 513 g/mol. The number of fused-ring (bicyclic) bond motifs is 4. The molecule has 0 N–H and O–H groups in total. The Morgan fingerprint density at radius 2 is 1.64 bits per heavy atom. The van der Waals surface area contributed by atoms with Crippen LogP contribution in [0.5, 0.6) is 0 Å². The van der Waals surface area contributed by atoms with E-state index in [0.717, 1.165) is 22.9 Å². The number of benzene rings is 1. The fourth-order valence-corrected chi connectivity index (χ4v) is 16.9. The molecule has 3 aromatic heterocycles. The number of thiophene rings is 2. The van der Waals surface area contributed by atoms with Crippen LogP contribution in [-0.4, -0.2) is 16.8 Å². The third-order valence-electron chi connectivity index (χ3n) is 8.42. The number of rotatable bonds is 13. The van der Waals surface area contributed by atoms with E-state index in [9.17, 15) is 0 Å². The Bertz CT molecular complexity index is 1270. The molecule has 2 radical (unpaired) electrons. The van der Waals surface area contributed by atoms with Crippen LogP contribution in [-0.2, 0) is 0 Å². The van der Waals surface area contributed by atoms with Crippen LogP contribution in [0.25, 0.3) is 31.2 Å². The summed E-state index contributed by atoms with van der Waals surface area (Å²) in [6.45, 7) is 9.54. The van der Waals surface area contributed by atoms with E-state index in [1.54, 1.807) is 20.1 Å². The maximum absolute atomic E-state index is 4.65. The summed E-state index contributed by atoms with van der Waals surface area (Å²) in [4.78, 5) is 4.46. The standard InChI is InChI=1S/C30H38N2S3Si/c1-5-9-12-21(7-3)19-36(20-22(8-4)13-10-6-2)26-16-17-33-29(26)30-27(36)18-25(34-30)23-14-11-15-24-28(23)32-35-31-24/h11,14,16,18,21-22H,5-10,12-13,19-20H2,1-4H3. The maximum atomic E-state index is 4.65. The number of nitrogens with zero attached hydrogens (tertiary/aromatic N) is 2. The molecule has 2 nitrogen and oxygen atoms in total. The SMILES string of the molecule is CCCCC(CC)C[Si]1(CC(CC)CCCC)c2c[c]sc2-c2sc(-c3cc[c]c4nsnc34)cc21. The quantitative estimate of drug-likeness (QED) is 0.155. The molecule has 0 amide bonds. The van der Waals surface area contributed by atoms with Gasteiger partial charge in [-0.1, -0.05) is 91.2 Å². The molecule has 2 atom stereocenters. The molecule has 6 heteroatoms. The molecular formula is C30H38N2S3Si. The topological polar surface area (TPSA) is 25.8 Å². The van der Waals surface area contributed by atoms with Crippen molar-refractivity contribution in [3.63, 3.8) is 0 Å². The first kappa shape index (κ1) is 26.3. The predicted molar refractivity (Wildman–Crippen MR) is 163 cm³/mol. The first-order chi connectivity index (χ1) is 17.6. The van der Waals surface area contributed by atoms with Crippen molar-refractivity contribution in [2.45, 2.75) is 91.1 Å². The summed E-state index contributed by atoms with van der Waals surface area (Å²) in [6.07, 6.45) is 10.7. The van der Waals surface area contributed by atoms with Crippen LogP contribution in [0.2, 0.25) is 12.1 Å². The highest BCUT2D eigenvalue weighted by Crippen LogP contribution is 2.46. The van der Waals surface area contributed by atoms with Gasteiger partial charge in [0.05, 0.1) is 11.7 Å². The summed E-state index contributed by atoms with van der Waals surface area (Å²) >= 11 is 5.16. The molecule has 4 aromatic rings. The molecule has 0 bridgehead atoms. The lowest BCUT2D eigenvalue weighted by Crippen LogP contribution is -2.56. The molecule has 0 fully saturated rings. The smallest absolute Gasteiger partial charge is 0.122 e. The van der Waals surface area contributed by atoms with E-state index in [2.05, 4.69) is 66.1 Å². The number of aromatic nitrogens is 2. The molecule has 0 saturated carbocycles. The van der Waals surface area contributed by atoms with E-state index in [0.29, 0.717) is 0 Å². The maximum Gasteiger partial charge on any atom is 0.122 e. The number of unbranched alkanes of at least 4 members (excludes halogenated alkanes) is 2. The summed E-state index contributed by atoms with van der Waals surface area (Å²) < 4.78 is 9.12. The second kappa shape index (κ2) is 11.6. The number of hydrogen-bond donors (Lipinski definition) is 0. The molecule has 0 aliphatic carbocycles. The Kier molecular flexibility index (Phi) is 8.46. The highest BCUT2D eigenvalue weighted by atomic mass is 32.1. The van der Waals surface area contributed by atoms with Gasteiger partial charge in [0.15, 0.2) is 0 Å². The minimum Gasteiger partial charge on any atom is -0.172 e. The van der Waals surface area contributed by atoms with Crippen LogP contribution >= 0.6 is 34.4 Å². The zero-order valence-corrected chi connectivity index (χ0v) is 25.6. The Balaban J connectivity index is 1.63. The van der Waals surface area contributed by atoms with Gasteiger partial charge in [-0.25, -0.2) is 0 Å². The first-order valence-electron chi connectivity index (χ1n) is 13.9. The predicted octanol–water partition coefficient (Wildman–Crippen LogP) is 9.06. The van der Waals surface area contributed by atoms with Crippen molar-refractivity contribution in [3.05, 3.63) is 35.7 Å². The van der Waals surface area contributed by atoms with Crippen molar-refractivity contribution < 1.29 is 0 Å². The molecule has 1 aliphatic heterocycles. The molecule has 0 spiro atoms. The second-order valence-corrected chi connectivity index (χ2v) is 17.1. The van der Waals surface area contributed by atoms with Gasteiger partial charge >= 0.3 is 0 Å². The van der Waals surface area contributed by atoms with Gasteiger partial charge < -0.3 is 0 Å². The van der Waals surface area contributed by atoms with E-state index in [1.807, 2.05) is 28.7 Å². The minimum absolute atomic E-state index is 0.822. The molecule has 1 aromatic carbocycles. The zero-order valence-electron chi connectivity index (χ0n) is 22.2. The third kappa shape index (κ3) is 4.79. The van der Waals surface area contributed by atoms with Crippen LogP contribution < -0.4 is 10.4 Å². The highest BCUT2D eigenvalue weighted by molar-refractivity contribution is 7.30. The largest absolute Gasteiger partial charge is 0.172 e. The summed E-state index contributed by atoms with van der Waals surface area (Å²) in [6, 6.07) is 15.3. The van der Waals surface area contributed by atoms with Gasteiger partial charge in [0, 0.05) is 31.6 Å². The molecule has 1 aliphatic rings. The molecule has 0 saturated heterocycles. The Morgan fingerprint density at radius 1 is 0.917 bits per heavy atom. The van der Waals surface area contributed by atoms with E-state index >= 15 is 0 Å². The molecule has 190 valence electrons. The average molecular weight is 551 g/mol. The molecule has 5 rings (SSSR count). The van der Waals surface area contributed by atoms with E-state index in [-0.39, 0.29) is 0 Å².